The molecule has 4 nitrogen and oxygen atoms in total. The zero-order valence-electron chi connectivity index (χ0n) is 11.5. The highest BCUT2D eigenvalue weighted by Gasteiger charge is 2.42. The van der Waals surface area contributed by atoms with Crippen LogP contribution in [0.2, 0.25) is 0 Å². The van der Waals surface area contributed by atoms with Crippen molar-refractivity contribution in [3.05, 3.63) is 29.3 Å². The highest BCUT2D eigenvalue weighted by atomic mass is 16.5. The lowest BCUT2D eigenvalue weighted by atomic mass is 9.97. The molecule has 2 bridgehead atoms. The first-order chi connectivity index (χ1) is 9.72. The molecule has 2 atom stereocenters. The third-order valence-corrected chi connectivity index (χ3v) is 4.94. The van der Waals surface area contributed by atoms with E-state index in [-0.39, 0.29) is 11.9 Å². The van der Waals surface area contributed by atoms with E-state index in [2.05, 4.69) is 4.90 Å². The second kappa shape index (κ2) is 4.48. The predicted molar refractivity (Wildman–Crippen MR) is 75.8 cm³/mol. The number of nitrogens with two attached hydrogens (primary N) is 1. The molecular formula is C16H20N2O2. The SMILES string of the molecule is NC1CC2CCC(C1)N2C(=O)c1ccc2c(c1)CCO2. The fraction of sp³-hybridized carbons (Fsp3) is 0.562. The molecule has 3 aliphatic rings. The Hall–Kier alpha value is -1.55. The predicted octanol–water partition coefficient (Wildman–Crippen LogP) is 1.72. The van der Waals surface area contributed by atoms with Crippen LogP contribution in [0.25, 0.3) is 0 Å². The van der Waals surface area contributed by atoms with E-state index in [1.54, 1.807) is 0 Å². The molecule has 106 valence electrons. The number of carbonyl (C=O) groups excluding carboxylic acids is 1. The first-order valence-corrected chi connectivity index (χ1v) is 7.56. The van der Waals surface area contributed by atoms with Crippen molar-refractivity contribution < 1.29 is 9.53 Å². The van der Waals surface area contributed by atoms with Gasteiger partial charge >= 0.3 is 0 Å². The van der Waals surface area contributed by atoms with Crippen LogP contribution in [0.4, 0.5) is 0 Å². The number of ether oxygens (including phenoxy) is 1. The lowest BCUT2D eigenvalue weighted by molar-refractivity contribution is 0.0575. The largest absolute Gasteiger partial charge is 0.493 e. The molecule has 4 rings (SSSR count). The summed E-state index contributed by atoms with van der Waals surface area (Å²) in [6, 6.07) is 6.82. The fourth-order valence-electron chi connectivity index (χ4n) is 4.02. The van der Waals surface area contributed by atoms with Crippen LogP contribution >= 0.6 is 0 Å². The summed E-state index contributed by atoms with van der Waals surface area (Å²) in [6.07, 6.45) is 5.04. The molecule has 0 saturated carbocycles. The third-order valence-electron chi connectivity index (χ3n) is 4.94. The number of carbonyl (C=O) groups is 1. The molecule has 1 amide bonds. The number of fused-ring (bicyclic) bond motifs is 3. The van der Waals surface area contributed by atoms with Crippen molar-refractivity contribution in [2.45, 2.75) is 50.2 Å². The average molecular weight is 272 g/mol. The maximum Gasteiger partial charge on any atom is 0.254 e. The molecule has 0 spiro atoms. The van der Waals surface area contributed by atoms with E-state index in [4.69, 9.17) is 10.5 Å². The smallest absolute Gasteiger partial charge is 0.254 e. The Bertz CT molecular complexity index is 543. The van der Waals surface area contributed by atoms with Crippen LogP contribution < -0.4 is 10.5 Å². The Balaban J connectivity index is 1.61. The summed E-state index contributed by atoms with van der Waals surface area (Å²) >= 11 is 0. The summed E-state index contributed by atoms with van der Waals surface area (Å²) in [5, 5.41) is 0. The van der Waals surface area contributed by atoms with Crippen molar-refractivity contribution in [1.29, 1.82) is 0 Å². The lowest BCUT2D eigenvalue weighted by Gasteiger charge is -2.37. The Labute approximate surface area is 118 Å². The van der Waals surface area contributed by atoms with E-state index in [1.165, 1.54) is 0 Å². The highest BCUT2D eigenvalue weighted by molar-refractivity contribution is 5.95. The molecule has 2 unspecified atom stereocenters. The van der Waals surface area contributed by atoms with Gasteiger partial charge in [0.2, 0.25) is 0 Å². The minimum Gasteiger partial charge on any atom is -0.493 e. The number of amides is 1. The monoisotopic (exact) mass is 272 g/mol. The molecule has 0 aliphatic carbocycles. The minimum atomic E-state index is 0.180. The van der Waals surface area contributed by atoms with E-state index in [0.29, 0.717) is 12.1 Å². The van der Waals surface area contributed by atoms with E-state index >= 15 is 0 Å². The molecule has 20 heavy (non-hydrogen) atoms. The van der Waals surface area contributed by atoms with Gasteiger partial charge in [-0.1, -0.05) is 0 Å². The quantitative estimate of drug-likeness (QED) is 0.847. The van der Waals surface area contributed by atoms with Crippen LogP contribution in [0.5, 0.6) is 5.75 Å². The zero-order chi connectivity index (χ0) is 13.7. The van der Waals surface area contributed by atoms with Gasteiger partial charge in [-0.3, -0.25) is 4.79 Å². The molecule has 3 heterocycles. The molecule has 2 fully saturated rings. The molecule has 3 aliphatic heterocycles. The maximum absolute atomic E-state index is 12.8. The van der Waals surface area contributed by atoms with Gasteiger partial charge in [0.1, 0.15) is 5.75 Å². The summed E-state index contributed by atoms with van der Waals surface area (Å²) in [6.45, 7) is 0.733. The maximum atomic E-state index is 12.8. The summed E-state index contributed by atoms with van der Waals surface area (Å²) < 4.78 is 5.51. The summed E-state index contributed by atoms with van der Waals surface area (Å²) in [4.78, 5) is 14.9. The number of benzene rings is 1. The molecule has 1 aromatic carbocycles. The van der Waals surface area contributed by atoms with Crippen molar-refractivity contribution in [2.75, 3.05) is 6.61 Å². The second-order valence-electron chi connectivity index (χ2n) is 6.25. The Kier molecular flexibility index (Phi) is 2.74. The number of hydrogen-bond acceptors (Lipinski definition) is 3. The number of hydrogen-bond donors (Lipinski definition) is 1. The van der Waals surface area contributed by atoms with E-state index in [0.717, 1.165) is 55.6 Å². The standard InChI is InChI=1S/C16H20N2O2/c17-12-8-13-2-3-14(9-12)18(13)16(19)11-1-4-15-10(7-11)5-6-20-15/h1,4,7,12-14H,2-3,5-6,8-9,17H2. The topological polar surface area (TPSA) is 55.6 Å². The average Bonchev–Trinajstić information content (AvgIpc) is 3.00. The van der Waals surface area contributed by atoms with Gasteiger partial charge in [0.25, 0.3) is 5.91 Å². The van der Waals surface area contributed by atoms with Gasteiger partial charge in [0, 0.05) is 30.1 Å². The van der Waals surface area contributed by atoms with Crippen LogP contribution in [-0.4, -0.2) is 35.5 Å². The second-order valence-corrected chi connectivity index (χ2v) is 6.25. The van der Waals surface area contributed by atoms with E-state index in [9.17, 15) is 4.79 Å². The lowest BCUT2D eigenvalue weighted by Crippen LogP contribution is -2.50. The van der Waals surface area contributed by atoms with Gasteiger partial charge in [-0.25, -0.2) is 0 Å². The molecule has 0 aromatic heterocycles. The molecule has 0 radical (unpaired) electrons. The molecule has 2 N–H and O–H groups in total. The van der Waals surface area contributed by atoms with Gasteiger partial charge in [0.05, 0.1) is 6.61 Å². The van der Waals surface area contributed by atoms with Crippen LogP contribution in [-0.2, 0) is 6.42 Å². The van der Waals surface area contributed by atoms with Gasteiger partial charge in [-0.2, -0.15) is 0 Å². The van der Waals surface area contributed by atoms with Crippen molar-refractivity contribution in [1.82, 2.24) is 4.90 Å². The summed E-state index contributed by atoms with van der Waals surface area (Å²) in [5.74, 6) is 1.12. The van der Waals surface area contributed by atoms with Gasteiger partial charge in [-0.15, -0.1) is 0 Å². The van der Waals surface area contributed by atoms with Crippen LogP contribution in [0.15, 0.2) is 18.2 Å². The Morgan fingerprint density at radius 2 is 2.00 bits per heavy atom. The minimum absolute atomic E-state index is 0.180. The number of rotatable bonds is 1. The van der Waals surface area contributed by atoms with Crippen molar-refractivity contribution >= 4 is 5.91 Å². The van der Waals surface area contributed by atoms with Gasteiger partial charge in [-0.05, 0) is 49.4 Å². The van der Waals surface area contributed by atoms with Crippen LogP contribution in [0.3, 0.4) is 0 Å². The first-order valence-electron chi connectivity index (χ1n) is 7.56. The van der Waals surface area contributed by atoms with Crippen LogP contribution in [0.1, 0.15) is 41.6 Å². The van der Waals surface area contributed by atoms with E-state index < -0.39 is 0 Å². The molecule has 2 saturated heterocycles. The Morgan fingerprint density at radius 3 is 2.75 bits per heavy atom. The first kappa shape index (κ1) is 12.2. The highest BCUT2D eigenvalue weighted by Crippen LogP contribution is 2.36. The third kappa shape index (κ3) is 1.82. The number of piperidine rings is 1. The molecule has 4 heteroatoms. The van der Waals surface area contributed by atoms with Crippen LogP contribution in [0, 0.1) is 0 Å². The Morgan fingerprint density at radius 1 is 1.25 bits per heavy atom. The normalized spacial score (nSPS) is 31.1. The van der Waals surface area contributed by atoms with Crippen molar-refractivity contribution in [2.24, 2.45) is 5.73 Å². The molecular weight excluding hydrogens is 252 g/mol. The van der Waals surface area contributed by atoms with E-state index in [1.807, 2.05) is 18.2 Å². The summed E-state index contributed by atoms with van der Waals surface area (Å²) in [5.41, 5.74) is 8.05. The van der Waals surface area contributed by atoms with Gasteiger partial charge in [0.15, 0.2) is 0 Å². The van der Waals surface area contributed by atoms with Gasteiger partial charge < -0.3 is 15.4 Å². The number of nitrogens with zero attached hydrogens (tertiary/aromatic N) is 1. The van der Waals surface area contributed by atoms with Crippen molar-refractivity contribution in [3.8, 4) is 5.75 Å². The van der Waals surface area contributed by atoms with Crippen molar-refractivity contribution in [3.63, 3.8) is 0 Å². The molecule has 1 aromatic rings. The zero-order valence-corrected chi connectivity index (χ0v) is 11.5. The fourth-order valence-corrected chi connectivity index (χ4v) is 4.02. The summed E-state index contributed by atoms with van der Waals surface area (Å²) in [7, 11) is 0.